The number of carbonyl (C=O) groups excluding carboxylic acids is 2. The van der Waals surface area contributed by atoms with Crippen molar-refractivity contribution >= 4 is 35.0 Å². The number of nitrogens with zero attached hydrogens (tertiary/aromatic N) is 2. The molecule has 0 N–H and O–H groups in total. The summed E-state index contributed by atoms with van der Waals surface area (Å²) < 4.78 is 12.2. The zero-order chi connectivity index (χ0) is 26.6. The highest BCUT2D eigenvalue weighted by molar-refractivity contribution is 7.07. The summed E-state index contributed by atoms with van der Waals surface area (Å²) in [5.41, 5.74) is 3.21. The number of aromatic nitrogens is 1. The fourth-order valence-electron chi connectivity index (χ4n) is 4.38. The molecule has 0 amide bonds. The summed E-state index contributed by atoms with van der Waals surface area (Å²) in [7, 11) is 1.33. The molecule has 0 saturated heterocycles. The Hall–Kier alpha value is -4.56. The average molecular weight is 525 g/mol. The summed E-state index contributed by atoms with van der Waals surface area (Å²) in [6.45, 7) is 1.94. The molecule has 1 atom stereocenters. The molecular formula is C30H24N2O5S. The molecule has 0 spiro atoms. The minimum Gasteiger partial charge on any atom is -0.465 e. The normalized spacial score (nSPS) is 15.0. The van der Waals surface area contributed by atoms with Crippen LogP contribution in [0.4, 0.5) is 0 Å². The molecule has 0 saturated carbocycles. The number of fused-ring (bicyclic) bond motifs is 1. The largest absolute Gasteiger partial charge is 0.465 e. The predicted octanol–water partition coefficient (Wildman–Crippen LogP) is 3.72. The third kappa shape index (κ3) is 4.73. The molecule has 8 heteroatoms. The average Bonchev–Trinajstić information content (AvgIpc) is 3.27. The number of ether oxygens (including phenoxy) is 2. The molecule has 5 rings (SSSR count). The molecule has 0 aliphatic carbocycles. The van der Waals surface area contributed by atoms with E-state index >= 15 is 0 Å². The van der Waals surface area contributed by atoms with Gasteiger partial charge in [0.15, 0.2) is 4.80 Å². The third-order valence-corrected chi connectivity index (χ3v) is 7.10. The number of hydrogen-bond donors (Lipinski definition) is 0. The zero-order valence-electron chi connectivity index (χ0n) is 20.8. The molecule has 190 valence electrons. The van der Waals surface area contributed by atoms with Gasteiger partial charge in [0.05, 0.1) is 41.1 Å². The second-order valence-corrected chi connectivity index (χ2v) is 9.46. The van der Waals surface area contributed by atoms with Crippen LogP contribution in [0, 0.1) is 0 Å². The van der Waals surface area contributed by atoms with Gasteiger partial charge in [0.2, 0.25) is 0 Å². The highest BCUT2D eigenvalue weighted by Gasteiger charge is 2.35. The molecule has 7 nitrogen and oxygen atoms in total. The summed E-state index contributed by atoms with van der Waals surface area (Å²) in [4.78, 5) is 44.3. The van der Waals surface area contributed by atoms with E-state index in [2.05, 4.69) is 0 Å². The molecule has 0 unspecified atom stereocenters. The van der Waals surface area contributed by atoms with E-state index in [1.54, 1.807) is 41.8 Å². The predicted molar refractivity (Wildman–Crippen MR) is 145 cm³/mol. The smallest absolute Gasteiger partial charge is 0.338 e. The van der Waals surface area contributed by atoms with Crippen molar-refractivity contribution in [1.29, 1.82) is 0 Å². The maximum Gasteiger partial charge on any atom is 0.338 e. The van der Waals surface area contributed by atoms with Crippen LogP contribution in [0.15, 0.2) is 100 Å². The first-order valence-corrected chi connectivity index (χ1v) is 12.8. The van der Waals surface area contributed by atoms with Crippen LogP contribution in [-0.2, 0) is 14.3 Å². The van der Waals surface area contributed by atoms with Crippen LogP contribution in [-0.4, -0.2) is 30.2 Å². The Morgan fingerprint density at radius 2 is 1.61 bits per heavy atom. The Labute approximate surface area is 222 Å². The summed E-state index contributed by atoms with van der Waals surface area (Å²) in [5.74, 6) is -0.949. The van der Waals surface area contributed by atoms with Crippen molar-refractivity contribution in [2.24, 2.45) is 4.99 Å². The Balaban J connectivity index is 1.75. The Morgan fingerprint density at radius 3 is 2.24 bits per heavy atom. The summed E-state index contributed by atoms with van der Waals surface area (Å²) in [5, 5.41) is 0. The van der Waals surface area contributed by atoms with Crippen molar-refractivity contribution in [2.45, 2.75) is 13.0 Å². The molecule has 0 fully saturated rings. The highest BCUT2D eigenvalue weighted by Crippen LogP contribution is 2.35. The molecule has 38 heavy (non-hydrogen) atoms. The van der Waals surface area contributed by atoms with Crippen LogP contribution in [0.2, 0.25) is 0 Å². The molecule has 0 radical (unpaired) electrons. The molecule has 1 aliphatic rings. The van der Waals surface area contributed by atoms with Crippen LogP contribution >= 0.6 is 11.3 Å². The summed E-state index contributed by atoms with van der Waals surface area (Å²) in [6.07, 6.45) is 1.75. The lowest BCUT2D eigenvalue weighted by molar-refractivity contribution is -0.138. The van der Waals surface area contributed by atoms with Crippen molar-refractivity contribution in [1.82, 2.24) is 4.57 Å². The Bertz CT molecular complexity index is 1700. The number of hydrogen-bond acceptors (Lipinski definition) is 7. The van der Waals surface area contributed by atoms with Crippen LogP contribution < -0.4 is 14.9 Å². The van der Waals surface area contributed by atoms with E-state index in [0.717, 1.165) is 16.7 Å². The Kier molecular flexibility index (Phi) is 7.15. The van der Waals surface area contributed by atoms with Crippen molar-refractivity contribution < 1.29 is 19.1 Å². The van der Waals surface area contributed by atoms with E-state index in [4.69, 9.17) is 14.5 Å². The molecule has 3 aromatic carbocycles. The quantitative estimate of drug-likeness (QED) is 0.359. The van der Waals surface area contributed by atoms with Crippen molar-refractivity contribution in [3.8, 4) is 0 Å². The summed E-state index contributed by atoms with van der Waals surface area (Å²) in [6, 6.07) is 24.9. The fourth-order valence-corrected chi connectivity index (χ4v) is 5.38. The molecule has 4 aromatic rings. The number of esters is 2. The van der Waals surface area contributed by atoms with Crippen LogP contribution in [0.25, 0.3) is 11.8 Å². The zero-order valence-corrected chi connectivity index (χ0v) is 21.6. The van der Waals surface area contributed by atoms with Gasteiger partial charge in [0.25, 0.3) is 5.56 Å². The van der Waals surface area contributed by atoms with Crippen molar-refractivity contribution in [3.63, 3.8) is 0 Å². The monoisotopic (exact) mass is 524 g/mol. The van der Waals surface area contributed by atoms with E-state index in [1.165, 1.54) is 18.4 Å². The Morgan fingerprint density at radius 1 is 0.947 bits per heavy atom. The minimum absolute atomic E-state index is 0.192. The van der Waals surface area contributed by atoms with Gasteiger partial charge in [-0.3, -0.25) is 9.36 Å². The molecular weight excluding hydrogens is 500 g/mol. The van der Waals surface area contributed by atoms with Crippen molar-refractivity contribution in [3.05, 3.63) is 132 Å². The van der Waals surface area contributed by atoms with E-state index in [9.17, 15) is 14.4 Å². The molecule has 0 bridgehead atoms. The van der Waals surface area contributed by atoms with E-state index < -0.39 is 18.0 Å². The molecule has 1 aromatic heterocycles. The van der Waals surface area contributed by atoms with E-state index in [0.29, 0.717) is 26.2 Å². The fraction of sp³-hybridized carbons (Fsp3) is 0.133. The third-order valence-electron chi connectivity index (χ3n) is 6.12. The SMILES string of the molecule is CCOC(=O)C1=C(c2ccccc2)N=c2s/c(=C\c3ccc(C(=O)OC)cc3)c(=O)n2[C@H]1c1ccccc1. The lowest BCUT2D eigenvalue weighted by atomic mass is 9.93. The van der Waals surface area contributed by atoms with Gasteiger partial charge in [0, 0.05) is 5.56 Å². The van der Waals surface area contributed by atoms with Gasteiger partial charge in [-0.15, -0.1) is 0 Å². The van der Waals surface area contributed by atoms with Gasteiger partial charge in [0.1, 0.15) is 0 Å². The van der Waals surface area contributed by atoms with Gasteiger partial charge >= 0.3 is 11.9 Å². The first kappa shape index (κ1) is 25.1. The number of carbonyl (C=O) groups is 2. The molecule has 1 aliphatic heterocycles. The van der Waals surface area contributed by atoms with Gasteiger partial charge < -0.3 is 9.47 Å². The topological polar surface area (TPSA) is 87.0 Å². The maximum absolute atomic E-state index is 13.8. The number of benzene rings is 3. The van der Waals surface area contributed by atoms with Crippen molar-refractivity contribution in [2.75, 3.05) is 13.7 Å². The first-order chi connectivity index (χ1) is 18.5. The van der Waals surface area contributed by atoms with Gasteiger partial charge in [-0.25, -0.2) is 14.6 Å². The highest BCUT2D eigenvalue weighted by atomic mass is 32.1. The number of thiazole rings is 1. The lowest BCUT2D eigenvalue weighted by Crippen LogP contribution is -2.39. The van der Waals surface area contributed by atoms with E-state index in [1.807, 2.05) is 60.7 Å². The number of rotatable bonds is 6. The molecule has 2 heterocycles. The van der Waals surface area contributed by atoms with Crippen LogP contribution in [0.3, 0.4) is 0 Å². The van der Waals surface area contributed by atoms with E-state index in [-0.39, 0.29) is 12.2 Å². The lowest BCUT2D eigenvalue weighted by Gasteiger charge is -2.25. The maximum atomic E-state index is 13.8. The second-order valence-electron chi connectivity index (χ2n) is 8.46. The number of methoxy groups -OCH3 is 1. The second kappa shape index (κ2) is 10.8. The van der Waals surface area contributed by atoms with Gasteiger partial charge in [-0.2, -0.15) is 0 Å². The first-order valence-electron chi connectivity index (χ1n) is 12.0. The van der Waals surface area contributed by atoms with Crippen LogP contribution in [0.5, 0.6) is 0 Å². The summed E-state index contributed by atoms with van der Waals surface area (Å²) >= 11 is 1.25. The standard InChI is InChI=1S/C30H24N2O5S/c1-3-37-29(35)24-25(20-10-6-4-7-11-20)31-30-32(26(24)21-12-8-5-9-13-21)27(33)23(38-30)18-19-14-16-22(17-15-19)28(34)36-2/h4-18,26H,3H2,1-2H3/b23-18-/t26-/m0/s1. The minimum atomic E-state index is -0.717. The van der Waals surface area contributed by atoms with Gasteiger partial charge in [-0.1, -0.05) is 84.1 Å². The van der Waals surface area contributed by atoms with Crippen LogP contribution in [0.1, 0.15) is 40.0 Å². The van der Waals surface area contributed by atoms with Gasteiger partial charge in [-0.05, 0) is 36.3 Å².